The van der Waals surface area contributed by atoms with Crippen LogP contribution in [0.1, 0.15) is 42.1 Å². The molecule has 0 radical (unpaired) electrons. The predicted molar refractivity (Wildman–Crippen MR) is 78.4 cm³/mol. The number of amides is 1. The van der Waals surface area contributed by atoms with Crippen LogP contribution in [0.4, 0.5) is 4.39 Å². The Balaban J connectivity index is 2.28. The lowest BCUT2D eigenvalue weighted by Crippen LogP contribution is -2.33. The Kier molecular flexibility index (Phi) is 4.58. The molecule has 1 aliphatic carbocycles. The molecule has 1 N–H and O–H groups in total. The van der Waals surface area contributed by atoms with Crippen molar-refractivity contribution in [2.75, 3.05) is 0 Å². The molecule has 0 aromatic heterocycles. The van der Waals surface area contributed by atoms with Gasteiger partial charge in [0.25, 0.3) is 15.0 Å². The van der Waals surface area contributed by atoms with Gasteiger partial charge in [-0.25, -0.2) is 12.8 Å². The Morgan fingerprint density at radius 1 is 1.38 bits per heavy atom. The summed E-state index contributed by atoms with van der Waals surface area (Å²) in [5.41, 5.74) is -0.118. The fraction of sp³-hybridized carbons (Fsp3) is 0.500. The van der Waals surface area contributed by atoms with Crippen molar-refractivity contribution in [1.29, 1.82) is 0 Å². The quantitative estimate of drug-likeness (QED) is 0.865. The van der Waals surface area contributed by atoms with E-state index in [9.17, 15) is 17.6 Å². The third-order valence-corrected chi connectivity index (χ3v) is 5.30. The van der Waals surface area contributed by atoms with E-state index in [1.54, 1.807) is 0 Å². The minimum Gasteiger partial charge on any atom is -0.349 e. The third-order valence-electron chi connectivity index (χ3n) is 3.85. The smallest absolute Gasteiger partial charge is 0.261 e. The minimum absolute atomic E-state index is 0.0307. The van der Waals surface area contributed by atoms with Crippen LogP contribution in [0.25, 0.3) is 0 Å². The van der Waals surface area contributed by atoms with Crippen molar-refractivity contribution in [3.05, 3.63) is 29.1 Å². The molecule has 1 aromatic carbocycles. The normalized spacial score (nSPS) is 22.3. The molecule has 2 atom stereocenters. The van der Waals surface area contributed by atoms with Crippen LogP contribution in [0.2, 0.25) is 0 Å². The zero-order valence-corrected chi connectivity index (χ0v) is 13.4. The summed E-state index contributed by atoms with van der Waals surface area (Å²) in [7, 11) is 1.18. The van der Waals surface area contributed by atoms with Gasteiger partial charge in [0.05, 0.1) is 4.90 Å². The molecule has 0 spiro atoms. The summed E-state index contributed by atoms with van der Waals surface area (Å²) in [5.74, 6) is -0.694. The Labute approximate surface area is 128 Å². The number of benzene rings is 1. The van der Waals surface area contributed by atoms with Crippen molar-refractivity contribution in [3.63, 3.8) is 0 Å². The van der Waals surface area contributed by atoms with E-state index in [4.69, 9.17) is 10.7 Å². The minimum atomic E-state index is -4.10. The van der Waals surface area contributed by atoms with Gasteiger partial charge < -0.3 is 5.32 Å². The molecule has 1 amide bonds. The molecule has 0 bridgehead atoms. The molecule has 1 saturated carbocycles. The van der Waals surface area contributed by atoms with Crippen LogP contribution in [-0.2, 0) is 9.05 Å². The highest BCUT2D eigenvalue weighted by Crippen LogP contribution is 2.26. The number of nitrogens with one attached hydrogen (secondary N) is 1. The predicted octanol–water partition coefficient (Wildman–Crippen LogP) is 2.98. The van der Waals surface area contributed by atoms with Crippen LogP contribution < -0.4 is 5.32 Å². The van der Waals surface area contributed by atoms with Crippen LogP contribution in [0, 0.1) is 18.7 Å². The molecule has 1 fully saturated rings. The molecule has 2 unspecified atom stereocenters. The van der Waals surface area contributed by atoms with E-state index < -0.39 is 20.8 Å². The average Bonchev–Trinajstić information content (AvgIpc) is 2.76. The summed E-state index contributed by atoms with van der Waals surface area (Å²) in [6.45, 7) is 3.42. The summed E-state index contributed by atoms with van der Waals surface area (Å²) in [6, 6.07) is 2.20. The first-order valence-corrected chi connectivity index (χ1v) is 9.05. The fourth-order valence-electron chi connectivity index (χ4n) is 2.64. The van der Waals surface area contributed by atoms with Gasteiger partial charge in [0.1, 0.15) is 5.82 Å². The SMILES string of the molecule is Cc1c(F)cc(C(=O)NC2CCC(C)C2)cc1S(=O)(=O)Cl. The van der Waals surface area contributed by atoms with Crippen LogP contribution in [-0.4, -0.2) is 20.4 Å². The van der Waals surface area contributed by atoms with Gasteiger partial charge in [-0.2, -0.15) is 0 Å². The Hall–Kier alpha value is -1.14. The fourth-order valence-corrected chi connectivity index (χ4v) is 3.86. The number of carbonyl (C=O) groups is 1. The summed E-state index contributed by atoms with van der Waals surface area (Å²) in [4.78, 5) is 11.8. The Bertz CT molecular complexity index is 675. The molecule has 1 aromatic rings. The van der Waals surface area contributed by atoms with Crippen molar-refractivity contribution in [3.8, 4) is 0 Å². The van der Waals surface area contributed by atoms with E-state index in [-0.39, 0.29) is 22.1 Å². The molecular weight excluding hydrogens is 317 g/mol. The summed E-state index contributed by atoms with van der Waals surface area (Å²) in [6.07, 6.45) is 2.79. The van der Waals surface area contributed by atoms with Crippen LogP contribution >= 0.6 is 10.7 Å². The zero-order chi connectivity index (χ0) is 15.8. The van der Waals surface area contributed by atoms with Crippen molar-refractivity contribution >= 4 is 25.6 Å². The van der Waals surface area contributed by atoms with Gasteiger partial charge in [0, 0.05) is 27.9 Å². The molecule has 2 rings (SSSR count). The molecule has 4 nitrogen and oxygen atoms in total. The van der Waals surface area contributed by atoms with Gasteiger partial charge in [-0.05, 0) is 44.2 Å². The zero-order valence-electron chi connectivity index (χ0n) is 11.8. The van der Waals surface area contributed by atoms with E-state index in [2.05, 4.69) is 12.2 Å². The highest BCUT2D eigenvalue weighted by molar-refractivity contribution is 8.13. The molecule has 1 aliphatic rings. The van der Waals surface area contributed by atoms with Crippen LogP contribution in [0.5, 0.6) is 0 Å². The van der Waals surface area contributed by atoms with Crippen LogP contribution in [0.3, 0.4) is 0 Å². The van der Waals surface area contributed by atoms with Crippen molar-refractivity contribution in [1.82, 2.24) is 5.32 Å². The van der Waals surface area contributed by atoms with E-state index in [0.29, 0.717) is 5.92 Å². The second kappa shape index (κ2) is 5.93. The Morgan fingerprint density at radius 2 is 2.05 bits per heavy atom. The van der Waals surface area contributed by atoms with E-state index in [1.807, 2.05) is 0 Å². The third kappa shape index (κ3) is 3.74. The highest BCUT2D eigenvalue weighted by atomic mass is 35.7. The lowest BCUT2D eigenvalue weighted by atomic mass is 10.1. The maximum absolute atomic E-state index is 13.8. The largest absolute Gasteiger partial charge is 0.349 e. The lowest BCUT2D eigenvalue weighted by Gasteiger charge is -2.13. The van der Waals surface area contributed by atoms with Crippen molar-refractivity contribution in [2.45, 2.75) is 44.0 Å². The maximum atomic E-state index is 13.8. The average molecular weight is 334 g/mol. The van der Waals surface area contributed by atoms with Gasteiger partial charge in [-0.15, -0.1) is 0 Å². The van der Waals surface area contributed by atoms with Crippen LogP contribution in [0.15, 0.2) is 17.0 Å². The Morgan fingerprint density at radius 3 is 2.57 bits per heavy atom. The summed E-state index contributed by atoms with van der Waals surface area (Å²) < 4.78 is 36.7. The molecule has 21 heavy (non-hydrogen) atoms. The molecular formula is C14H17ClFNO3S. The van der Waals surface area contributed by atoms with Crippen molar-refractivity contribution < 1.29 is 17.6 Å². The molecule has 0 saturated heterocycles. The number of hydrogen-bond acceptors (Lipinski definition) is 3. The number of hydrogen-bond donors (Lipinski definition) is 1. The van der Waals surface area contributed by atoms with E-state index in [0.717, 1.165) is 31.4 Å². The van der Waals surface area contributed by atoms with Gasteiger partial charge in [-0.1, -0.05) is 6.92 Å². The second-order valence-electron chi connectivity index (χ2n) is 5.61. The molecule has 0 aliphatic heterocycles. The summed E-state index contributed by atoms with van der Waals surface area (Å²) >= 11 is 0. The first kappa shape index (κ1) is 16.2. The summed E-state index contributed by atoms with van der Waals surface area (Å²) in [5, 5.41) is 2.81. The first-order valence-electron chi connectivity index (χ1n) is 6.74. The number of rotatable bonds is 3. The highest BCUT2D eigenvalue weighted by Gasteiger charge is 2.25. The van der Waals surface area contributed by atoms with Crippen molar-refractivity contribution in [2.24, 2.45) is 5.92 Å². The van der Waals surface area contributed by atoms with Gasteiger partial charge >= 0.3 is 0 Å². The standard InChI is InChI=1S/C14H17ClFNO3S/c1-8-3-4-11(5-8)17-14(18)10-6-12(16)9(2)13(7-10)21(15,19)20/h6-8,11H,3-5H2,1-2H3,(H,17,18). The van der Waals surface area contributed by atoms with E-state index >= 15 is 0 Å². The first-order chi connectivity index (χ1) is 9.68. The van der Waals surface area contributed by atoms with Gasteiger partial charge in [-0.3, -0.25) is 4.79 Å². The maximum Gasteiger partial charge on any atom is 0.261 e. The molecule has 116 valence electrons. The molecule has 0 heterocycles. The van der Waals surface area contributed by atoms with Gasteiger partial charge in [0.2, 0.25) is 0 Å². The van der Waals surface area contributed by atoms with E-state index in [1.165, 1.54) is 6.92 Å². The number of carbonyl (C=O) groups excluding carboxylic acids is 1. The monoisotopic (exact) mass is 333 g/mol. The second-order valence-corrected chi connectivity index (χ2v) is 8.14. The number of halogens is 2. The lowest BCUT2D eigenvalue weighted by molar-refractivity contribution is 0.0936. The topological polar surface area (TPSA) is 63.2 Å². The molecule has 7 heteroatoms. The van der Waals surface area contributed by atoms with Gasteiger partial charge in [0.15, 0.2) is 0 Å².